The quantitative estimate of drug-likeness (QED) is 0.558. The van der Waals surface area contributed by atoms with Crippen molar-refractivity contribution in [3.8, 4) is 0 Å². The summed E-state index contributed by atoms with van der Waals surface area (Å²) in [5.41, 5.74) is -0.245. The Morgan fingerprint density at radius 3 is 1.64 bits per heavy atom. The average molecular weight is 357 g/mol. The molecule has 0 heterocycles. The van der Waals surface area contributed by atoms with Gasteiger partial charge in [-0.2, -0.15) is 0 Å². The fourth-order valence-corrected chi connectivity index (χ4v) is 2.07. The van der Waals surface area contributed by atoms with E-state index in [1.54, 1.807) is 0 Å². The van der Waals surface area contributed by atoms with E-state index < -0.39 is 5.92 Å². The molecule has 0 aromatic carbocycles. The smallest absolute Gasteiger partial charge is 0.309 e. The summed E-state index contributed by atoms with van der Waals surface area (Å²) in [6.45, 7) is 21.3. The van der Waals surface area contributed by atoms with Crippen LogP contribution in [0.15, 0.2) is 0 Å². The van der Waals surface area contributed by atoms with Crippen molar-refractivity contribution in [1.29, 1.82) is 0 Å². The molecule has 1 atom stereocenters. The van der Waals surface area contributed by atoms with Crippen molar-refractivity contribution in [2.45, 2.75) is 82.1 Å². The highest BCUT2D eigenvalue weighted by atomic mass is 16.5. The second-order valence-corrected chi connectivity index (χ2v) is 10.6. The Morgan fingerprint density at radius 2 is 1.24 bits per heavy atom. The molecule has 4 nitrogen and oxygen atoms in total. The van der Waals surface area contributed by atoms with Gasteiger partial charge < -0.3 is 9.47 Å². The molecule has 0 rings (SSSR count). The van der Waals surface area contributed by atoms with Crippen LogP contribution < -0.4 is 0 Å². The van der Waals surface area contributed by atoms with E-state index in [2.05, 4.69) is 27.7 Å². The number of hydrogen-bond donors (Lipinski definition) is 0. The lowest BCUT2D eigenvalue weighted by molar-refractivity contribution is -0.159. The molecular formula is C21H40O4. The van der Waals surface area contributed by atoms with Crippen LogP contribution in [0.1, 0.15) is 82.1 Å². The van der Waals surface area contributed by atoms with E-state index in [0.29, 0.717) is 25.6 Å². The molecule has 0 radical (unpaired) electrons. The van der Waals surface area contributed by atoms with Crippen molar-refractivity contribution in [1.82, 2.24) is 0 Å². The van der Waals surface area contributed by atoms with Gasteiger partial charge in [0.1, 0.15) is 0 Å². The minimum Gasteiger partial charge on any atom is -0.465 e. The molecule has 0 fully saturated rings. The molecule has 0 saturated carbocycles. The summed E-state index contributed by atoms with van der Waals surface area (Å²) in [4.78, 5) is 24.8. The summed E-state index contributed by atoms with van der Waals surface area (Å²) in [5.74, 6) is -0.688. The maximum Gasteiger partial charge on any atom is 0.309 e. The lowest BCUT2D eigenvalue weighted by Gasteiger charge is -2.32. The number of ether oxygens (including phenoxy) is 2. The number of carbonyl (C=O) groups excluding carboxylic acids is 2. The first kappa shape index (κ1) is 23.9. The zero-order chi connectivity index (χ0) is 20.1. The molecule has 0 aromatic heterocycles. The summed E-state index contributed by atoms with van der Waals surface area (Å²) < 4.78 is 10.9. The first-order valence-electron chi connectivity index (χ1n) is 9.36. The van der Waals surface area contributed by atoms with Gasteiger partial charge in [0.15, 0.2) is 0 Å². The van der Waals surface area contributed by atoms with E-state index in [1.165, 1.54) is 0 Å². The third kappa shape index (κ3) is 11.2. The zero-order valence-electron chi connectivity index (χ0n) is 18.1. The van der Waals surface area contributed by atoms with Gasteiger partial charge in [-0.25, -0.2) is 0 Å². The van der Waals surface area contributed by atoms with E-state index >= 15 is 0 Å². The molecule has 4 heteroatoms. The van der Waals surface area contributed by atoms with Crippen LogP contribution in [-0.2, 0) is 19.1 Å². The molecular weight excluding hydrogens is 316 g/mol. The van der Waals surface area contributed by atoms with E-state index in [4.69, 9.17) is 9.47 Å². The van der Waals surface area contributed by atoms with Crippen LogP contribution in [0.3, 0.4) is 0 Å². The van der Waals surface area contributed by atoms with Gasteiger partial charge >= 0.3 is 11.9 Å². The Bertz CT molecular complexity index is 436. The summed E-state index contributed by atoms with van der Waals surface area (Å²) in [7, 11) is 0. The molecule has 0 aliphatic carbocycles. The predicted molar refractivity (Wildman–Crippen MR) is 102 cm³/mol. The zero-order valence-corrected chi connectivity index (χ0v) is 18.1. The largest absolute Gasteiger partial charge is 0.465 e. The SMILES string of the molecule is CC(C)C(C)(C)CC(CC(=O)OCC(C)(C)C)C(=O)OCC(C)(C)C. The second-order valence-electron chi connectivity index (χ2n) is 10.6. The maximum absolute atomic E-state index is 12.6. The number of carbonyl (C=O) groups is 2. The molecule has 1 unspecified atom stereocenters. The highest BCUT2D eigenvalue weighted by Gasteiger charge is 2.34. The van der Waals surface area contributed by atoms with Crippen LogP contribution >= 0.6 is 0 Å². The van der Waals surface area contributed by atoms with Crippen LogP contribution in [-0.4, -0.2) is 25.2 Å². The molecule has 148 valence electrons. The maximum atomic E-state index is 12.6. The van der Waals surface area contributed by atoms with Crippen LogP contribution in [0.25, 0.3) is 0 Å². The molecule has 0 aromatic rings. The van der Waals surface area contributed by atoms with Gasteiger partial charge in [-0.15, -0.1) is 0 Å². The third-order valence-electron chi connectivity index (χ3n) is 4.40. The number of esters is 2. The molecule has 0 N–H and O–H groups in total. The van der Waals surface area contributed by atoms with Crippen molar-refractivity contribution >= 4 is 11.9 Å². The molecule has 0 bridgehead atoms. The Hall–Kier alpha value is -1.06. The van der Waals surface area contributed by atoms with Crippen molar-refractivity contribution in [2.24, 2.45) is 28.1 Å². The van der Waals surface area contributed by atoms with E-state index in [9.17, 15) is 9.59 Å². The van der Waals surface area contributed by atoms with Gasteiger partial charge in [0.05, 0.1) is 25.6 Å². The van der Waals surface area contributed by atoms with Crippen LogP contribution in [0.4, 0.5) is 0 Å². The monoisotopic (exact) mass is 356 g/mol. The normalized spacial score (nSPS) is 14.4. The van der Waals surface area contributed by atoms with E-state index in [1.807, 2.05) is 41.5 Å². The lowest BCUT2D eigenvalue weighted by atomic mass is 9.73. The topological polar surface area (TPSA) is 52.6 Å². The summed E-state index contributed by atoms with van der Waals surface area (Å²) >= 11 is 0. The third-order valence-corrected chi connectivity index (χ3v) is 4.40. The van der Waals surface area contributed by atoms with Gasteiger partial charge in [-0.3, -0.25) is 9.59 Å². The van der Waals surface area contributed by atoms with Gasteiger partial charge in [-0.1, -0.05) is 69.2 Å². The average Bonchev–Trinajstić information content (AvgIpc) is 2.39. The molecule has 0 aliphatic heterocycles. The molecule has 25 heavy (non-hydrogen) atoms. The van der Waals surface area contributed by atoms with E-state index in [-0.39, 0.29) is 34.6 Å². The van der Waals surface area contributed by atoms with Crippen LogP contribution in [0.2, 0.25) is 0 Å². The van der Waals surface area contributed by atoms with Crippen molar-refractivity contribution < 1.29 is 19.1 Å². The van der Waals surface area contributed by atoms with Gasteiger partial charge in [0.25, 0.3) is 0 Å². The van der Waals surface area contributed by atoms with Gasteiger partial charge in [-0.05, 0) is 28.6 Å². The lowest BCUT2D eigenvalue weighted by Crippen LogP contribution is -2.32. The minimum atomic E-state index is -0.466. The molecule has 0 spiro atoms. The molecule has 0 aliphatic rings. The Balaban J connectivity index is 5.00. The van der Waals surface area contributed by atoms with Crippen LogP contribution in [0, 0.1) is 28.1 Å². The summed E-state index contributed by atoms with van der Waals surface area (Å²) in [6.07, 6.45) is 0.688. The van der Waals surface area contributed by atoms with Crippen molar-refractivity contribution in [3.05, 3.63) is 0 Å². The Kier molecular flexibility index (Phi) is 8.66. The summed E-state index contributed by atoms with van der Waals surface area (Å²) in [5, 5.41) is 0. The number of rotatable bonds is 8. The van der Waals surface area contributed by atoms with Crippen molar-refractivity contribution in [3.63, 3.8) is 0 Å². The molecule has 0 amide bonds. The fraction of sp³-hybridized carbons (Fsp3) is 0.905. The predicted octanol–water partition coefficient (Wildman–Crippen LogP) is 5.24. The second kappa shape index (κ2) is 9.05. The summed E-state index contributed by atoms with van der Waals surface area (Å²) in [6, 6.07) is 0. The Labute approximate surface area is 155 Å². The van der Waals surface area contributed by atoms with Gasteiger partial charge in [0.2, 0.25) is 0 Å². The highest BCUT2D eigenvalue weighted by Crippen LogP contribution is 2.35. The highest BCUT2D eigenvalue weighted by molar-refractivity contribution is 5.80. The first-order valence-corrected chi connectivity index (χ1v) is 9.36. The Morgan fingerprint density at radius 1 is 0.800 bits per heavy atom. The minimum absolute atomic E-state index is 0.0598. The van der Waals surface area contributed by atoms with Crippen LogP contribution in [0.5, 0.6) is 0 Å². The standard InChI is InChI=1S/C21H40O4/c1-15(2)21(9,10)12-16(18(23)25-14-20(6,7)8)11-17(22)24-13-19(3,4)5/h15-16H,11-14H2,1-10H3. The fourth-order valence-electron chi connectivity index (χ4n) is 2.07. The van der Waals surface area contributed by atoms with Gasteiger partial charge in [0, 0.05) is 0 Å². The van der Waals surface area contributed by atoms with E-state index in [0.717, 1.165) is 0 Å². The first-order chi connectivity index (χ1) is 11.0. The van der Waals surface area contributed by atoms with Crippen molar-refractivity contribution in [2.75, 3.05) is 13.2 Å². The number of hydrogen-bond acceptors (Lipinski definition) is 4. The molecule has 0 saturated heterocycles.